The molecule has 0 bridgehead atoms. The largest absolute Gasteiger partial charge is 0.456 e. The molecule has 2 heterocycles. The highest BCUT2D eigenvalue weighted by atomic mass is 32.1. The van der Waals surface area contributed by atoms with Crippen molar-refractivity contribution >= 4 is 70.3 Å². The van der Waals surface area contributed by atoms with Gasteiger partial charge in [-0.3, -0.25) is 0 Å². The van der Waals surface area contributed by atoms with Gasteiger partial charge in [0, 0.05) is 30.9 Å². The Morgan fingerprint density at radius 1 is 0.585 bits per heavy atom. The van der Waals surface area contributed by atoms with Gasteiger partial charge in [0.25, 0.3) is 0 Å². The number of allylic oxidation sites excluding steroid dienone is 2. The van der Waals surface area contributed by atoms with Gasteiger partial charge in [0.05, 0.1) is 0 Å². The minimum Gasteiger partial charge on any atom is -0.456 e. The molecule has 8 rings (SSSR count). The zero-order chi connectivity index (χ0) is 27.5. The fourth-order valence-corrected chi connectivity index (χ4v) is 7.49. The molecule has 0 fully saturated rings. The molecule has 0 amide bonds. The van der Waals surface area contributed by atoms with Gasteiger partial charge in [0.1, 0.15) is 11.2 Å². The maximum Gasteiger partial charge on any atom is 0.135 e. The van der Waals surface area contributed by atoms with Crippen LogP contribution >= 0.6 is 11.3 Å². The zero-order valence-corrected chi connectivity index (χ0v) is 23.5. The van der Waals surface area contributed by atoms with Gasteiger partial charge in [0.15, 0.2) is 0 Å². The molecular formula is C39H26OS. The Morgan fingerprint density at radius 2 is 1.20 bits per heavy atom. The SMILES string of the molecule is C=C/C=C\c1c(C)c(-c2ccc3oc4ccccc4c3c2)c2ccccc2c1-c1ccc2sc3ccccc3c2c1. The van der Waals surface area contributed by atoms with Crippen LogP contribution in [0.2, 0.25) is 0 Å². The summed E-state index contributed by atoms with van der Waals surface area (Å²) in [5.41, 5.74) is 9.23. The summed E-state index contributed by atoms with van der Waals surface area (Å²) in [5.74, 6) is 0. The van der Waals surface area contributed by atoms with Crippen molar-refractivity contribution in [1.29, 1.82) is 0 Å². The molecule has 2 heteroatoms. The Morgan fingerprint density at radius 3 is 2.02 bits per heavy atom. The molecule has 41 heavy (non-hydrogen) atoms. The minimum absolute atomic E-state index is 0.914. The molecule has 0 radical (unpaired) electrons. The van der Waals surface area contributed by atoms with E-state index in [1.165, 1.54) is 64.3 Å². The van der Waals surface area contributed by atoms with Crippen molar-refractivity contribution in [3.63, 3.8) is 0 Å². The number of thiophene rings is 1. The lowest BCUT2D eigenvalue weighted by atomic mass is 9.83. The first-order valence-electron chi connectivity index (χ1n) is 13.9. The zero-order valence-electron chi connectivity index (χ0n) is 22.6. The molecule has 1 nitrogen and oxygen atoms in total. The molecule has 0 saturated heterocycles. The van der Waals surface area contributed by atoms with E-state index in [2.05, 4.69) is 123 Å². The van der Waals surface area contributed by atoms with E-state index in [0.29, 0.717) is 0 Å². The number of hydrogen-bond acceptors (Lipinski definition) is 2. The summed E-state index contributed by atoms with van der Waals surface area (Å²) in [7, 11) is 0. The fraction of sp³-hybridized carbons (Fsp3) is 0.0256. The van der Waals surface area contributed by atoms with Crippen LogP contribution in [0.5, 0.6) is 0 Å². The van der Waals surface area contributed by atoms with Crippen LogP contribution in [-0.2, 0) is 0 Å². The van der Waals surface area contributed by atoms with Crippen LogP contribution in [0.1, 0.15) is 11.1 Å². The number of benzene rings is 6. The van der Waals surface area contributed by atoms with Crippen molar-refractivity contribution in [2.45, 2.75) is 6.92 Å². The Hall–Kier alpha value is -4.92. The molecule has 0 saturated carbocycles. The van der Waals surface area contributed by atoms with E-state index in [0.717, 1.165) is 21.9 Å². The first-order chi connectivity index (χ1) is 20.2. The van der Waals surface area contributed by atoms with Crippen molar-refractivity contribution in [1.82, 2.24) is 0 Å². The second kappa shape index (κ2) is 9.33. The Kier molecular flexibility index (Phi) is 5.44. The summed E-state index contributed by atoms with van der Waals surface area (Å²) in [4.78, 5) is 0. The van der Waals surface area contributed by atoms with Crippen LogP contribution in [0.15, 0.2) is 132 Å². The first-order valence-corrected chi connectivity index (χ1v) is 14.7. The number of rotatable bonds is 4. The van der Waals surface area contributed by atoms with Gasteiger partial charge in [-0.25, -0.2) is 0 Å². The number of fused-ring (bicyclic) bond motifs is 7. The maximum atomic E-state index is 6.15. The average molecular weight is 543 g/mol. The monoisotopic (exact) mass is 542 g/mol. The highest BCUT2D eigenvalue weighted by molar-refractivity contribution is 7.25. The van der Waals surface area contributed by atoms with E-state index < -0.39 is 0 Å². The fourth-order valence-electron chi connectivity index (χ4n) is 6.41. The van der Waals surface area contributed by atoms with Gasteiger partial charge in [-0.05, 0) is 87.5 Å². The van der Waals surface area contributed by atoms with Crippen molar-refractivity contribution in [3.05, 3.63) is 139 Å². The van der Waals surface area contributed by atoms with Crippen LogP contribution in [0, 0.1) is 6.92 Å². The molecule has 0 unspecified atom stereocenters. The third-order valence-electron chi connectivity index (χ3n) is 8.24. The standard InChI is InChI=1S/C39H26OS/c1-3-4-11-27-24(2)38(25-18-20-35-32(22-25)28-12-7-9-16-34(28)40-35)30-14-5-6-15-31(30)39(27)26-19-21-37-33(23-26)29-13-8-10-17-36(29)41-37/h3-23H,1H2,2H3/b11-4-. The third-order valence-corrected chi connectivity index (χ3v) is 9.40. The molecule has 0 atom stereocenters. The van der Waals surface area contributed by atoms with Crippen LogP contribution in [0.3, 0.4) is 0 Å². The van der Waals surface area contributed by atoms with E-state index in [4.69, 9.17) is 4.42 Å². The third kappa shape index (κ3) is 3.68. The van der Waals surface area contributed by atoms with E-state index in [-0.39, 0.29) is 0 Å². The maximum absolute atomic E-state index is 6.15. The minimum atomic E-state index is 0.914. The molecule has 194 valence electrons. The molecule has 0 aliphatic heterocycles. The van der Waals surface area contributed by atoms with Crippen LogP contribution in [0.4, 0.5) is 0 Å². The van der Waals surface area contributed by atoms with Gasteiger partial charge in [-0.15, -0.1) is 11.3 Å². The summed E-state index contributed by atoms with van der Waals surface area (Å²) in [5, 5.41) is 7.40. The highest BCUT2D eigenvalue weighted by Gasteiger charge is 2.19. The molecular weight excluding hydrogens is 516 g/mol. The summed E-state index contributed by atoms with van der Waals surface area (Å²) < 4.78 is 8.79. The van der Waals surface area contributed by atoms with Crippen molar-refractivity contribution in [3.8, 4) is 22.3 Å². The Labute approximate surface area is 242 Å². The van der Waals surface area contributed by atoms with Crippen molar-refractivity contribution < 1.29 is 4.42 Å². The predicted octanol–water partition coefficient (Wildman–Crippen LogP) is 11.9. The van der Waals surface area contributed by atoms with Gasteiger partial charge >= 0.3 is 0 Å². The summed E-state index contributed by atoms with van der Waals surface area (Å²) >= 11 is 1.86. The molecule has 0 spiro atoms. The van der Waals surface area contributed by atoms with Crippen molar-refractivity contribution in [2.75, 3.05) is 0 Å². The highest BCUT2D eigenvalue weighted by Crippen LogP contribution is 2.45. The number of para-hydroxylation sites is 1. The van der Waals surface area contributed by atoms with E-state index >= 15 is 0 Å². The Balaban J connectivity index is 1.45. The van der Waals surface area contributed by atoms with Gasteiger partial charge in [-0.2, -0.15) is 0 Å². The van der Waals surface area contributed by atoms with Crippen LogP contribution in [-0.4, -0.2) is 0 Å². The van der Waals surface area contributed by atoms with E-state index in [1.807, 2.05) is 29.5 Å². The molecule has 6 aromatic carbocycles. The van der Waals surface area contributed by atoms with Crippen molar-refractivity contribution in [2.24, 2.45) is 0 Å². The summed E-state index contributed by atoms with van der Waals surface area (Å²) in [6.45, 7) is 6.23. The molecule has 0 N–H and O–H groups in total. The van der Waals surface area contributed by atoms with Crippen LogP contribution in [0.25, 0.3) is 81.2 Å². The smallest absolute Gasteiger partial charge is 0.135 e. The van der Waals surface area contributed by atoms with Gasteiger partial charge < -0.3 is 4.42 Å². The number of furan rings is 1. The topological polar surface area (TPSA) is 13.1 Å². The lowest BCUT2D eigenvalue weighted by molar-refractivity contribution is 0.669. The first kappa shape index (κ1) is 23.9. The molecule has 0 aliphatic carbocycles. The summed E-state index contributed by atoms with van der Waals surface area (Å²) in [6, 6.07) is 39.4. The quantitative estimate of drug-likeness (QED) is 0.202. The lowest BCUT2D eigenvalue weighted by Crippen LogP contribution is -1.96. The second-order valence-electron chi connectivity index (χ2n) is 10.5. The average Bonchev–Trinajstić information content (AvgIpc) is 3.57. The number of hydrogen-bond donors (Lipinski definition) is 0. The predicted molar refractivity (Wildman–Crippen MR) is 179 cm³/mol. The summed E-state index contributed by atoms with van der Waals surface area (Å²) in [6.07, 6.45) is 6.13. The molecule has 2 aromatic heterocycles. The lowest BCUT2D eigenvalue weighted by Gasteiger charge is -2.20. The molecule has 8 aromatic rings. The van der Waals surface area contributed by atoms with Crippen LogP contribution < -0.4 is 0 Å². The normalized spacial score (nSPS) is 12.0. The van der Waals surface area contributed by atoms with E-state index in [1.54, 1.807) is 0 Å². The van der Waals surface area contributed by atoms with E-state index in [9.17, 15) is 0 Å². The molecule has 0 aliphatic rings. The second-order valence-corrected chi connectivity index (χ2v) is 11.6. The Bertz CT molecular complexity index is 2340. The van der Waals surface area contributed by atoms with Gasteiger partial charge in [-0.1, -0.05) is 97.6 Å². The van der Waals surface area contributed by atoms with Gasteiger partial charge in [0.2, 0.25) is 0 Å².